The zero-order valence-electron chi connectivity index (χ0n) is 10.8. The standard InChI is InChI=1S/C12H26N2O/c1-10(2)11-8-13-6-7-14(11)12(3,4)9-15-5/h10-11,13H,6-9H2,1-5H3. The van der Waals surface area contributed by atoms with Gasteiger partial charge in [0, 0.05) is 38.3 Å². The molecule has 3 heteroatoms. The van der Waals surface area contributed by atoms with E-state index in [0.717, 1.165) is 26.2 Å². The molecule has 0 aromatic carbocycles. The number of hydrogen-bond donors (Lipinski definition) is 1. The summed E-state index contributed by atoms with van der Waals surface area (Å²) in [6.07, 6.45) is 0. The Balaban J connectivity index is 2.70. The lowest BCUT2D eigenvalue weighted by atomic mass is 9.93. The number of nitrogens with zero attached hydrogens (tertiary/aromatic N) is 1. The Morgan fingerprint density at radius 2 is 2.13 bits per heavy atom. The predicted octanol–water partition coefficient (Wildman–Crippen LogP) is 1.34. The van der Waals surface area contributed by atoms with Gasteiger partial charge in [-0.1, -0.05) is 13.8 Å². The molecule has 1 unspecified atom stereocenters. The summed E-state index contributed by atoms with van der Waals surface area (Å²) in [5.74, 6) is 0.689. The van der Waals surface area contributed by atoms with Gasteiger partial charge in [-0.15, -0.1) is 0 Å². The molecule has 0 saturated carbocycles. The molecular formula is C12H26N2O. The van der Waals surface area contributed by atoms with Crippen LogP contribution in [0.4, 0.5) is 0 Å². The van der Waals surface area contributed by atoms with Gasteiger partial charge in [-0.3, -0.25) is 4.90 Å². The summed E-state index contributed by atoms with van der Waals surface area (Å²) < 4.78 is 5.33. The largest absolute Gasteiger partial charge is 0.383 e. The third-order valence-corrected chi connectivity index (χ3v) is 3.33. The Morgan fingerprint density at radius 3 is 2.67 bits per heavy atom. The lowest BCUT2D eigenvalue weighted by Gasteiger charge is -2.47. The van der Waals surface area contributed by atoms with Crippen LogP contribution < -0.4 is 5.32 Å². The third kappa shape index (κ3) is 3.16. The molecule has 1 heterocycles. The topological polar surface area (TPSA) is 24.5 Å². The Morgan fingerprint density at radius 1 is 1.47 bits per heavy atom. The molecule has 0 spiro atoms. The summed E-state index contributed by atoms with van der Waals surface area (Å²) in [5.41, 5.74) is 0.145. The fourth-order valence-electron chi connectivity index (χ4n) is 2.51. The van der Waals surface area contributed by atoms with Crippen molar-refractivity contribution in [3.8, 4) is 0 Å². The summed E-state index contributed by atoms with van der Waals surface area (Å²) in [4.78, 5) is 2.59. The van der Waals surface area contributed by atoms with Gasteiger partial charge in [0.05, 0.1) is 6.61 Å². The van der Waals surface area contributed by atoms with Crippen molar-refractivity contribution in [2.24, 2.45) is 5.92 Å². The van der Waals surface area contributed by atoms with Gasteiger partial charge < -0.3 is 10.1 Å². The van der Waals surface area contributed by atoms with Crippen LogP contribution in [0.1, 0.15) is 27.7 Å². The molecule has 1 saturated heterocycles. The lowest BCUT2D eigenvalue weighted by Crippen LogP contribution is -2.62. The van der Waals surface area contributed by atoms with E-state index in [1.807, 2.05) is 0 Å². The maximum Gasteiger partial charge on any atom is 0.0641 e. The van der Waals surface area contributed by atoms with Gasteiger partial charge in [0.1, 0.15) is 0 Å². The molecule has 3 nitrogen and oxygen atoms in total. The second kappa shape index (κ2) is 5.28. The summed E-state index contributed by atoms with van der Waals surface area (Å²) in [6, 6.07) is 0.629. The van der Waals surface area contributed by atoms with Crippen LogP contribution in [-0.4, -0.2) is 49.8 Å². The maximum atomic E-state index is 5.33. The first kappa shape index (κ1) is 12.9. The Labute approximate surface area is 94.2 Å². The van der Waals surface area contributed by atoms with E-state index in [-0.39, 0.29) is 5.54 Å². The normalized spacial score (nSPS) is 24.8. The monoisotopic (exact) mass is 214 g/mol. The first-order chi connectivity index (χ1) is 6.99. The van der Waals surface area contributed by atoms with E-state index >= 15 is 0 Å². The van der Waals surface area contributed by atoms with Gasteiger partial charge in [-0.25, -0.2) is 0 Å². The molecule has 15 heavy (non-hydrogen) atoms. The number of piperazine rings is 1. The van der Waals surface area contributed by atoms with Crippen LogP contribution in [0.25, 0.3) is 0 Å². The van der Waals surface area contributed by atoms with Gasteiger partial charge in [-0.05, 0) is 19.8 Å². The van der Waals surface area contributed by atoms with E-state index in [1.165, 1.54) is 0 Å². The molecule has 1 N–H and O–H groups in total. The first-order valence-corrected chi connectivity index (χ1v) is 5.95. The summed E-state index contributed by atoms with van der Waals surface area (Å²) in [7, 11) is 1.79. The maximum absolute atomic E-state index is 5.33. The highest BCUT2D eigenvalue weighted by atomic mass is 16.5. The van der Waals surface area contributed by atoms with Crippen LogP contribution in [0.3, 0.4) is 0 Å². The molecule has 90 valence electrons. The molecule has 1 aliphatic heterocycles. The average Bonchev–Trinajstić information content (AvgIpc) is 2.17. The molecule has 0 bridgehead atoms. The highest BCUT2D eigenvalue weighted by Crippen LogP contribution is 2.23. The minimum Gasteiger partial charge on any atom is -0.383 e. The first-order valence-electron chi connectivity index (χ1n) is 5.95. The van der Waals surface area contributed by atoms with Crippen molar-refractivity contribution in [2.45, 2.75) is 39.3 Å². The second-order valence-electron chi connectivity index (χ2n) is 5.45. The van der Waals surface area contributed by atoms with E-state index in [4.69, 9.17) is 4.74 Å². The van der Waals surface area contributed by atoms with Gasteiger partial charge in [-0.2, -0.15) is 0 Å². The zero-order chi connectivity index (χ0) is 11.5. The Kier molecular flexibility index (Phi) is 4.56. The minimum absolute atomic E-state index is 0.145. The number of methoxy groups -OCH3 is 1. The SMILES string of the molecule is COCC(C)(C)N1CCNCC1C(C)C. The van der Waals surface area contributed by atoms with Crippen molar-refractivity contribution in [3.05, 3.63) is 0 Å². The van der Waals surface area contributed by atoms with Crippen LogP contribution in [0.5, 0.6) is 0 Å². The lowest BCUT2D eigenvalue weighted by molar-refractivity contribution is -0.0190. The van der Waals surface area contributed by atoms with Crippen molar-refractivity contribution in [3.63, 3.8) is 0 Å². The Hall–Kier alpha value is -0.120. The van der Waals surface area contributed by atoms with Crippen molar-refractivity contribution in [2.75, 3.05) is 33.4 Å². The summed E-state index contributed by atoms with van der Waals surface area (Å²) in [6.45, 7) is 13.3. The van der Waals surface area contributed by atoms with Crippen molar-refractivity contribution >= 4 is 0 Å². The van der Waals surface area contributed by atoms with Gasteiger partial charge in [0.25, 0.3) is 0 Å². The summed E-state index contributed by atoms with van der Waals surface area (Å²) >= 11 is 0. The van der Waals surface area contributed by atoms with E-state index in [2.05, 4.69) is 37.9 Å². The predicted molar refractivity (Wildman–Crippen MR) is 64.2 cm³/mol. The fourth-order valence-corrected chi connectivity index (χ4v) is 2.51. The van der Waals surface area contributed by atoms with Crippen LogP contribution in [0.2, 0.25) is 0 Å². The quantitative estimate of drug-likeness (QED) is 0.764. The van der Waals surface area contributed by atoms with Gasteiger partial charge in [0.15, 0.2) is 0 Å². The third-order valence-electron chi connectivity index (χ3n) is 3.33. The fraction of sp³-hybridized carbons (Fsp3) is 1.00. The number of rotatable bonds is 4. The molecular weight excluding hydrogens is 188 g/mol. The molecule has 0 aliphatic carbocycles. The molecule has 1 rings (SSSR count). The summed E-state index contributed by atoms with van der Waals surface area (Å²) in [5, 5.41) is 3.48. The molecule has 1 aliphatic rings. The number of nitrogens with one attached hydrogen (secondary N) is 1. The van der Waals surface area contributed by atoms with Crippen LogP contribution in [0, 0.1) is 5.92 Å². The smallest absolute Gasteiger partial charge is 0.0641 e. The number of hydrogen-bond acceptors (Lipinski definition) is 3. The molecule has 1 fully saturated rings. The van der Waals surface area contributed by atoms with E-state index < -0.39 is 0 Å². The van der Waals surface area contributed by atoms with Crippen molar-refractivity contribution in [1.82, 2.24) is 10.2 Å². The van der Waals surface area contributed by atoms with Crippen molar-refractivity contribution in [1.29, 1.82) is 0 Å². The average molecular weight is 214 g/mol. The molecule has 0 radical (unpaired) electrons. The highest BCUT2D eigenvalue weighted by Gasteiger charge is 2.35. The molecule has 0 aromatic rings. The van der Waals surface area contributed by atoms with Crippen LogP contribution in [0.15, 0.2) is 0 Å². The van der Waals surface area contributed by atoms with Crippen LogP contribution in [-0.2, 0) is 4.74 Å². The second-order valence-corrected chi connectivity index (χ2v) is 5.45. The van der Waals surface area contributed by atoms with Gasteiger partial charge in [0.2, 0.25) is 0 Å². The Bertz CT molecular complexity index is 192. The molecule has 0 amide bonds. The minimum atomic E-state index is 0.145. The van der Waals surface area contributed by atoms with Crippen molar-refractivity contribution < 1.29 is 4.74 Å². The highest BCUT2D eigenvalue weighted by molar-refractivity contribution is 4.92. The van der Waals surface area contributed by atoms with Crippen LogP contribution >= 0.6 is 0 Å². The van der Waals surface area contributed by atoms with E-state index in [9.17, 15) is 0 Å². The number of ether oxygens (including phenoxy) is 1. The van der Waals surface area contributed by atoms with E-state index in [1.54, 1.807) is 7.11 Å². The molecule has 1 atom stereocenters. The van der Waals surface area contributed by atoms with E-state index in [0.29, 0.717) is 12.0 Å². The molecule has 0 aromatic heterocycles. The van der Waals surface area contributed by atoms with Gasteiger partial charge >= 0.3 is 0 Å². The zero-order valence-corrected chi connectivity index (χ0v) is 10.8.